The molecule has 10 heteroatoms. The molecule has 1 amide bonds. The third-order valence-electron chi connectivity index (χ3n) is 6.82. The van der Waals surface area contributed by atoms with Gasteiger partial charge in [-0.15, -0.1) is 0 Å². The maximum atomic E-state index is 12.8. The summed E-state index contributed by atoms with van der Waals surface area (Å²) in [6.45, 7) is 14.6. The summed E-state index contributed by atoms with van der Waals surface area (Å²) in [5.74, 6) is 0.723. The first-order valence-electron chi connectivity index (χ1n) is 14.0. The number of halogens is 1. The van der Waals surface area contributed by atoms with Crippen molar-refractivity contribution in [3.05, 3.63) is 23.8 Å². The molecule has 2 N–H and O–H groups in total. The molecular formula is C30H50INO8. The molecule has 0 aliphatic heterocycles. The molecule has 1 aromatic rings. The Kier molecular flexibility index (Phi) is 16.2. The van der Waals surface area contributed by atoms with Gasteiger partial charge in [0.05, 0.1) is 31.8 Å². The van der Waals surface area contributed by atoms with Crippen LogP contribution < -0.4 is 14.8 Å². The highest BCUT2D eigenvalue weighted by molar-refractivity contribution is 14.1. The lowest BCUT2D eigenvalue weighted by Crippen LogP contribution is -2.48. The molecule has 0 aliphatic rings. The summed E-state index contributed by atoms with van der Waals surface area (Å²) < 4.78 is 27.0. The number of benzene rings is 1. The van der Waals surface area contributed by atoms with E-state index in [0.717, 1.165) is 12.0 Å². The standard InChI is InChI=1S/C30H50INO8/c1-19(2)22(15-21-11-12-26(37-9)27(16-21)38-14-10-13-36-8)17-24(32-29(35)39-30(5,6)7)25(33)18-23(20(3)4)28(34)40-31/h11-12,16,19-20,22-25,33H,10,13-15,17-18H2,1-9H3,(H,32,35)/t22-,23-,24-,25-/m0/s1. The minimum atomic E-state index is -0.979. The van der Waals surface area contributed by atoms with Crippen LogP contribution in [0.25, 0.3) is 0 Å². The number of hydrogen-bond acceptors (Lipinski definition) is 8. The normalized spacial score (nSPS) is 14.8. The Hall–Kier alpha value is -1.79. The number of carbonyl (C=O) groups is 2. The molecule has 0 saturated carbocycles. The maximum Gasteiger partial charge on any atom is 0.407 e. The number of alkyl carbamates (subject to hydrolysis) is 1. The van der Waals surface area contributed by atoms with Crippen molar-refractivity contribution in [2.75, 3.05) is 27.4 Å². The largest absolute Gasteiger partial charge is 0.493 e. The van der Waals surface area contributed by atoms with E-state index < -0.39 is 29.8 Å². The SMILES string of the molecule is COCCCOc1cc(C[C@@H](C[C@H](NC(=O)OC(C)(C)C)[C@@H](O)C[C@H](C(=O)OI)C(C)C)C(C)C)ccc1OC. The molecule has 1 rings (SSSR count). The first-order chi connectivity index (χ1) is 18.7. The lowest BCUT2D eigenvalue weighted by molar-refractivity contribution is -0.138. The predicted molar refractivity (Wildman–Crippen MR) is 164 cm³/mol. The van der Waals surface area contributed by atoms with E-state index >= 15 is 0 Å². The average Bonchev–Trinajstić information content (AvgIpc) is 2.87. The van der Waals surface area contributed by atoms with Gasteiger partial charge in [0.25, 0.3) is 0 Å². The Bertz CT molecular complexity index is 902. The number of aliphatic hydroxyl groups is 1. The molecule has 9 nitrogen and oxygen atoms in total. The summed E-state index contributed by atoms with van der Waals surface area (Å²) >= 11 is 1.58. The third-order valence-corrected chi connectivity index (χ3v) is 7.26. The average molecular weight is 680 g/mol. The second-order valence-corrected chi connectivity index (χ2v) is 12.4. The summed E-state index contributed by atoms with van der Waals surface area (Å²) in [5, 5.41) is 14.2. The number of nitrogens with one attached hydrogen (secondary N) is 1. The van der Waals surface area contributed by atoms with Gasteiger partial charge in [-0.1, -0.05) is 33.8 Å². The van der Waals surface area contributed by atoms with Crippen LogP contribution in [0.5, 0.6) is 11.5 Å². The topological polar surface area (TPSA) is 113 Å². The molecule has 0 bridgehead atoms. The Morgan fingerprint density at radius 2 is 1.68 bits per heavy atom. The number of methoxy groups -OCH3 is 2. The Morgan fingerprint density at radius 1 is 1.00 bits per heavy atom. The van der Waals surface area contributed by atoms with Crippen molar-refractivity contribution < 1.29 is 36.7 Å². The monoisotopic (exact) mass is 679 g/mol. The fourth-order valence-corrected chi connectivity index (χ4v) is 4.79. The van der Waals surface area contributed by atoms with Crippen LogP contribution in [0.1, 0.15) is 73.3 Å². The van der Waals surface area contributed by atoms with Gasteiger partial charge >= 0.3 is 12.1 Å². The van der Waals surface area contributed by atoms with Crippen LogP contribution in [-0.4, -0.2) is 62.3 Å². The predicted octanol–water partition coefficient (Wildman–Crippen LogP) is 6.13. The van der Waals surface area contributed by atoms with Crippen molar-refractivity contribution in [1.29, 1.82) is 0 Å². The van der Waals surface area contributed by atoms with Gasteiger partial charge in [0.2, 0.25) is 0 Å². The van der Waals surface area contributed by atoms with Crippen molar-refractivity contribution in [1.82, 2.24) is 5.32 Å². The van der Waals surface area contributed by atoms with Crippen molar-refractivity contribution in [3.63, 3.8) is 0 Å². The molecule has 0 heterocycles. The first kappa shape index (κ1) is 36.2. The zero-order valence-corrected chi connectivity index (χ0v) is 27.8. The molecule has 0 unspecified atom stereocenters. The van der Waals surface area contributed by atoms with E-state index in [9.17, 15) is 14.7 Å². The Labute approximate surface area is 254 Å². The van der Waals surface area contributed by atoms with Gasteiger partial charge in [-0.05, 0) is 75.5 Å². The Balaban J connectivity index is 3.20. The fraction of sp³-hybridized carbons (Fsp3) is 0.733. The van der Waals surface area contributed by atoms with Gasteiger partial charge in [0.1, 0.15) is 5.60 Å². The van der Waals surface area contributed by atoms with Gasteiger partial charge in [-0.2, -0.15) is 0 Å². The van der Waals surface area contributed by atoms with Crippen LogP contribution in [0, 0.1) is 23.7 Å². The number of amides is 1. The van der Waals surface area contributed by atoms with E-state index in [4.69, 9.17) is 22.0 Å². The van der Waals surface area contributed by atoms with E-state index in [1.165, 1.54) is 0 Å². The number of aliphatic hydroxyl groups excluding tert-OH is 1. The summed E-state index contributed by atoms with van der Waals surface area (Å²) in [6.07, 6.45) is 0.515. The lowest BCUT2D eigenvalue weighted by Gasteiger charge is -2.32. The van der Waals surface area contributed by atoms with Gasteiger partial charge in [-0.3, -0.25) is 4.79 Å². The van der Waals surface area contributed by atoms with E-state index in [-0.39, 0.29) is 30.1 Å². The second-order valence-electron chi connectivity index (χ2n) is 11.9. The molecule has 0 aliphatic carbocycles. The summed E-state index contributed by atoms with van der Waals surface area (Å²) in [4.78, 5) is 25.2. The van der Waals surface area contributed by atoms with Crippen LogP contribution in [0.3, 0.4) is 0 Å². The van der Waals surface area contributed by atoms with Crippen LogP contribution in [0.4, 0.5) is 4.79 Å². The molecule has 0 saturated heterocycles. The van der Waals surface area contributed by atoms with Crippen molar-refractivity contribution >= 4 is 35.1 Å². The summed E-state index contributed by atoms with van der Waals surface area (Å²) in [7, 11) is 3.27. The molecule has 0 aromatic heterocycles. The van der Waals surface area contributed by atoms with E-state index in [2.05, 4.69) is 19.2 Å². The van der Waals surface area contributed by atoms with Crippen LogP contribution >= 0.6 is 23.0 Å². The highest BCUT2D eigenvalue weighted by atomic mass is 127. The molecular weight excluding hydrogens is 629 g/mol. The molecule has 4 atom stereocenters. The third kappa shape index (κ3) is 13.2. The van der Waals surface area contributed by atoms with Crippen LogP contribution in [0.15, 0.2) is 18.2 Å². The molecule has 40 heavy (non-hydrogen) atoms. The summed E-state index contributed by atoms with van der Waals surface area (Å²) in [6, 6.07) is 5.26. The van der Waals surface area contributed by atoms with Crippen molar-refractivity contribution in [3.8, 4) is 11.5 Å². The lowest BCUT2D eigenvalue weighted by atomic mass is 9.80. The van der Waals surface area contributed by atoms with E-state index in [0.29, 0.717) is 37.6 Å². The van der Waals surface area contributed by atoms with Crippen molar-refractivity contribution in [2.45, 2.75) is 91.9 Å². The molecule has 1 aromatic carbocycles. The number of rotatable bonds is 17. The van der Waals surface area contributed by atoms with Gasteiger partial charge in [-0.25, -0.2) is 4.79 Å². The molecule has 230 valence electrons. The summed E-state index contributed by atoms with van der Waals surface area (Å²) in [5.41, 5.74) is 0.367. The van der Waals surface area contributed by atoms with Gasteiger partial charge in [0.15, 0.2) is 34.5 Å². The zero-order chi connectivity index (χ0) is 30.5. The Morgan fingerprint density at radius 3 is 2.20 bits per heavy atom. The van der Waals surface area contributed by atoms with Crippen LogP contribution in [0.2, 0.25) is 0 Å². The number of ether oxygens (including phenoxy) is 4. The highest BCUT2D eigenvalue weighted by Crippen LogP contribution is 2.32. The number of carbonyl (C=O) groups excluding carboxylic acids is 2. The smallest absolute Gasteiger partial charge is 0.407 e. The molecule has 0 radical (unpaired) electrons. The maximum absolute atomic E-state index is 12.8. The number of hydrogen-bond donors (Lipinski definition) is 2. The van der Waals surface area contributed by atoms with Gasteiger partial charge < -0.3 is 32.4 Å². The van der Waals surface area contributed by atoms with Crippen LogP contribution in [-0.2, 0) is 23.8 Å². The molecule has 0 fully saturated rings. The minimum absolute atomic E-state index is 0.0402. The first-order valence-corrected chi connectivity index (χ1v) is 14.9. The van der Waals surface area contributed by atoms with E-state index in [1.807, 2.05) is 32.0 Å². The highest BCUT2D eigenvalue weighted by Gasteiger charge is 2.34. The van der Waals surface area contributed by atoms with Crippen molar-refractivity contribution in [2.24, 2.45) is 23.7 Å². The zero-order valence-electron chi connectivity index (χ0n) is 25.6. The quantitative estimate of drug-likeness (QED) is 0.150. The van der Waals surface area contributed by atoms with E-state index in [1.54, 1.807) is 58.0 Å². The second kappa shape index (κ2) is 17.9. The molecule has 0 spiro atoms. The minimum Gasteiger partial charge on any atom is -0.493 e. The fourth-order valence-electron chi connectivity index (χ4n) is 4.46. The van der Waals surface area contributed by atoms with Gasteiger partial charge in [0, 0.05) is 20.1 Å².